The molecule has 3 N–H and O–H groups in total. The molecular formula is C16H13N3OS. The van der Waals surface area contributed by atoms with Crippen LogP contribution in [0.25, 0.3) is 21.2 Å². The summed E-state index contributed by atoms with van der Waals surface area (Å²) in [4.78, 5) is 13.1. The molecular weight excluding hydrogens is 282 g/mol. The third kappa shape index (κ3) is 2.64. The highest BCUT2D eigenvalue weighted by molar-refractivity contribution is 7.13. The van der Waals surface area contributed by atoms with Crippen LogP contribution >= 0.6 is 11.3 Å². The minimum atomic E-state index is -0.229. The zero-order chi connectivity index (χ0) is 14.7. The quantitative estimate of drug-likeness (QED) is 0.337. The van der Waals surface area contributed by atoms with Crippen LogP contribution in [0.3, 0.4) is 0 Å². The average Bonchev–Trinajstić information content (AvgIpc) is 3.05. The molecule has 0 atom stereocenters. The molecule has 1 amide bonds. The van der Waals surface area contributed by atoms with Gasteiger partial charge in [-0.05, 0) is 39.9 Å². The van der Waals surface area contributed by atoms with Gasteiger partial charge in [-0.15, -0.1) is 11.3 Å². The standard InChI is InChI=1S/C16H13N3OS/c17-19-10-18-16(20)12-6-7-13-11(9-12)3-1-4-14(13)15-5-2-8-21-15/h1-10H,17H2,(H,18,19,20). The highest BCUT2D eigenvalue weighted by Gasteiger charge is 2.08. The molecule has 4 nitrogen and oxygen atoms in total. The number of thiophene rings is 1. The second kappa shape index (κ2) is 5.76. The molecule has 0 aliphatic carbocycles. The molecule has 0 unspecified atom stereocenters. The van der Waals surface area contributed by atoms with Crippen molar-refractivity contribution in [2.75, 3.05) is 0 Å². The highest BCUT2D eigenvalue weighted by atomic mass is 32.1. The Labute approximate surface area is 125 Å². The van der Waals surface area contributed by atoms with Gasteiger partial charge in [0, 0.05) is 10.4 Å². The molecule has 0 bridgehead atoms. The van der Waals surface area contributed by atoms with Crippen molar-refractivity contribution in [1.82, 2.24) is 5.32 Å². The van der Waals surface area contributed by atoms with Crippen LogP contribution in [0.1, 0.15) is 10.4 Å². The number of benzene rings is 2. The van der Waals surface area contributed by atoms with E-state index in [2.05, 4.69) is 27.9 Å². The predicted molar refractivity (Wildman–Crippen MR) is 87.4 cm³/mol. The Morgan fingerprint density at radius 1 is 1.19 bits per heavy atom. The van der Waals surface area contributed by atoms with Crippen LogP contribution < -0.4 is 11.2 Å². The maximum atomic E-state index is 11.9. The molecule has 104 valence electrons. The van der Waals surface area contributed by atoms with Crippen molar-refractivity contribution >= 4 is 34.4 Å². The molecule has 0 fully saturated rings. The predicted octanol–water partition coefficient (Wildman–Crippen LogP) is 3.20. The fraction of sp³-hybridized carbons (Fsp3) is 0. The number of hydrazone groups is 1. The van der Waals surface area contributed by atoms with E-state index in [1.807, 2.05) is 30.3 Å². The van der Waals surface area contributed by atoms with Crippen LogP contribution in [0.15, 0.2) is 59.0 Å². The number of carbonyl (C=O) groups excluding carboxylic acids is 1. The first-order valence-corrected chi connectivity index (χ1v) is 7.27. The molecule has 5 heteroatoms. The number of rotatable bonds is 3. The van der Waals surface area contributed by atoms with Crippen molar-refractivity contribution < 1.29 is 4.79 Å². The summed E-state index contributed by atoms with van der Waals surface area (Å²) in [6.45, 7) is 0. The van der Waals surface area contributed by atoms with Crippen LogP contribution in [-0.4, -0.2) is 12.2 Å². The lowest BCUT2D eigenvalue weighted by molar-refractivity contribution is 0.0978. The minimum Gasteiger partial charge on any atom is -0.322 e. The SMILES string of the molecule is N/N=C/NC(=O)c1ccc2c(-c3cccs3)cccc2c1. The van der Waals surface area contributed by atoms with Gasteiger partial charge in [0.2, 0.25) is 0 Å². The van der Waals surface area contributed by atoms with Crippen LogP contribution in [0.5, 0.6) is 0 Å². The van der Waals surface area contributed by atoms with Crippen molar-refractivity contribution in [3.8, 4) is 10.4 Å². The summed E-state index contributed by atoms with van der Waals surface area (Å²) in [5.74, 6) is 4.75. The van der Waals surface area contributed by atoms with Gasteiger partial charge < -0.3 is 11.2 Å². The number of fused-ring (bicyclic) bond motifs is 1. The van der Waals surface area contributed by atoms with Crippen molar-refractivity contribution in [2.24, 2.45) is 10.9 Å². The van der Waals surface area contributed by atoms with Gasteiger partial charge in [0.25, 0.3) is 5.91 Å². The lowest BCUT2D eigenvalue weighted by Gasteiger charge is -2.07. The number of amides is 1. The summed E-state index contributed by atoms with van der Waals surface area (Å²) in [7, 11) is 0. The van der Waals surface area contributed by atoms with Crippen molar-refractivity contribution in [3.63, 3.8) is 0 Å². The van der Waals surface area contributed by atoms with Gasteiger partial charge in [-0.25, -0.2) is 0 Å². The van der Waals surface area contributed by atoms with Gasteiger partial charge in [-0.2, -0.15) is 5.10 Å². The molecule has 0 spiro atoms. The molecule has 3 rings (SSSR count). The molecule has 0 saturated heterocycles. The summed E-state index contributed by atoms with van der Waals surface area (Å²) in [5, 5.41) is 9.97. The Bertz CT molecular complexity index is 810. The Morgan fingerprint density at radius 2 is 2.10 bits per heavy atom. The Morgan fingerprint density at radius 3 is 2.86 bits per heavy atom. The van der Waals surface area contributed by atoms with Gasteiger partial charge in [0.15, 0.2) is 0 Å². The van der Waals surface area contributed by atoms with E-state index in [0.29, 0.717) is 5.56 Å². The van der Waals surface area contributed by atoms with Gasteiger partial charge in [0.05, 0.1) is 0 Å². The van der Waals surface area contributed by atoms with Crippen LogP contribution in [0.4, 0.5) is 0 Å². The van der Waals surface area contributed by atoms with Gasteiger partial charge >= 0.3 is 0 Å². The smallest absolute Gasteiger partial charge is 0.256 e. The molecule has 2 aromatic carbocycles. The minimum absolute atomic E-state index is 0.229. The van der Waals surface area contributed by atoms with Crippen LogP contribution in [-0.2, 0) is 0 Å². The fourth-order valence-corrected chi connectivity index (χ4v) is 3.02. The summed E-state index contributed by atoms with van der Waals surface area (Å²) in [6, 6.07) is 15.9. The molecule has 1 heterocycles. The third-order valence-corrected chi connectivity index (χ3v) is 4.10. The average molecular weight is 295 g/mol. The first-order valence-electron chi connectivity index (χ1n) is 6.39. The summed E-state index contributed by atoms with van der Waals surface area (Å²) in [6.07, 6.45) is 1.18. The number of nitrogens with zero attached hydrogens (tertiary/aromatic N) is 1. The largest absolute Gasteiger partial charge is 0.322 e. The number of nitrogens with one attached hydrogen (secondary N) is 1. The van der Waals surface area contributed by atoms with Gasteiger partial charge in [-0.3, -0.25) is 4.79 Å². The van der Waals surface area contributed by atoms with Crippen molar-refractivity contribution in [2.45, 2.75) is 0 Å². The highest BCUT2D eigenvalue weighted by Crippen LogP contribution is 2.32. The Hall–Kier alpha value is -2.66. The Balaban J connectivity index is 2.06. The van der Waals surface area contributed by atoms with Crippen LogP contribution in [0.2, 0.25) is 0 Å². The molecule has 0 saturated carbocycles. The molecule has 3 aromatic rings. The Kier molecular flexibility index (Phi) is 3.66. The van der Waals surface area contributed by atoms with E-state index in [1.54, 1.807) is 17.4 Å². The second-order valence-electron chi connectivity index (χ2n) is 4.47. The van der Waals surface area contributed by atoms with E-state index in [9.17, 15) is 4.79 Å². The van der Waals surface area contributed by atoms with E-state index in [4.69, 9.17) is 5.84 Å². The maximum absolute atomic E-state index is 11.9. The first kappa shape index (κ1) is 13.3. The molecule has 0 radical (unpaired) electrons. The topological polar surface area (TPSA) is 67.5 Å². The summed E-state index contributed by atoms with van der Waals surface area (Å²) in [5.41, 5.74) is 1.75. The van der Waals surface area contributed by atoms with Gasteiger partial charge in [0.1, 0.15) is 6.34 Å². The lowest BCUT2D eigenvalue weighted by atomic mass is 10.0. The van der Waals surface area contributed by atoms with E-state index < -0.39 is 0 Å². The maximum Gasteiger partial charge on any atom is 0.256 e. The second-order valence-corrected chi connectivity index (χ2v) is 5.42. The molecule has 0 aliphatic rings. The summed E-state index contributed by atoms with van der Waals surface area (Å²) < 4.78 is 0. The van der Waals surface area contributed by atoms with E-state index in [0.717, 1.165) is 10.8 Å². The van der Waals surface area contributed by atoms with Gasteiger partial charge in [-0.1, -0.05) is 30.3 Å². The molecule has 21 heavy (non-hydrogen) atoms. The number of hydrogen-bond donors (Lipinski definition) is 2. The molecule has 1 aromatic heterocycles. The van der Waals surface area contributed by atoms with E-state index >= 15 is 0 Å². The van der Waals surface area contributed by atoms with Crippen molar-refractivity contribution in [1.29, 1.82) is 0 Å². The fourth-order valence-electron chi connectivity index (χ4n) is 2.25. The third-order valence-electron chi connectivity index (χ3n) is 3.20. The first-order chi connectivity index (χ1) is 10.3. The number of nitrogens with two attached hydrogens (primary N) is 1. The van der Waals surface area contributed by atoms with E-state index in [1.165, 1.54) is 16.8 Å². The lowest BCUT2D eigenvalue weighted by Crippen LogP contribution is -2.22. The monoisotopic (exact) mass is 295 g/mol. The zero-order valence-corrected chi connectivity index (χ0v) is 11.9. The van der Waals surface area contributed by atoms with Crippen LogP contribution in [0, 0.1) is 0 Å². The normalized spacial score (nSPS) is 11.0. The number of carbonyl (C=O) groups is 1. The summed E-state index contributed by atoms with van der Waals surface area (Å²) >= 11 is 1.70. The molecule has 0 aliphatic heterocycles. The zero-order valence-electron chi connectivity index (χ0n) is 11.1. The van der Waals surface area contributed by atoms with Crippen molar-refractivity contribution in [3.05, 3.63) is 59.5 Å². The van der Waals surface area contributed by atoms with E-state index in [-0.39, 0.29) is 5.91 Å². The number of hydrogen-bond acceptors (Lipinski definition) is 4.